The number of anilines is 1. The lowest BCUT2D eigenvalue weighted by Gasteiger charge is -2.39. The van der Waals surface area contributed by atoms with Crippen LogP contribution in [0.2, 0.25) is 0 Å². The third-order valence-corrected chi connectivity index (χ3v) is 5.20. The van der Waals surface area contributed by atoms with Crippen LogP contribution in [0, 0.1) is 5.92 Å². The molecule has 1 aromatic rings. The number of likely N-dealkylation sites (tertiary alicyclic amines) is 1. The molecule has 7 heteroatoms. The second kappa shape index (κ2) is 7.80. The highest BCUT2D eigenvalue weighted by molar-refractivity contribution is 5.81. The molecular weight excluding hydrogens is 318 g/mol. The van der Waals surface area contributed by atoms with Crippen molar-refractivity contribution in [3.63, 3.8) is 0 Å². The van der Waals surface area contributed by atoms with Gasteiger partial charge < -0.3 is 14.7 Å². The molecule has 0 aromatic carbocycles. The van der Waals surface area contributed by atoms with E-state index in [4.69, 9.17) is 0 Å². The van der Waals surface area contributed by atoms with Crippen LogP contribution in [-0.2, 0) is 16.0 Å². The minimum Gasteiger partial charge on any atom is -0.353 e. The van der Waals surface area contributed by atoms with Gasteiger partial charge in [0.2, 0.25) is 11.8 Å². The smallest absolute Gasteiger partial charge is 0.227 e. The van der Waals surface area contributed by atoms with Crippen LogP contribution in [0.15, 0.2) is 12.4 Å². The highest BCUT2D eigenvalue weighted by Crippen LogP contribution is 2.21. The number of aromatic nitrogens is 2. The monoisotopic (exact) mass is 345 g/mol. The van der Waals surface area contributed by atoms with E-state index in [9.17, 15) is 9.59 Å². The number of hydrogen-bond donors (Lipinski definition) is 0. The summed E-state index contributed by atoms with van der Waals surface area (Å²) in [6, 6.07) is 2.03. The first-order chi connectivity index (χ1) is 12.1. The number of piperidine rings is 1. The molecule has 0 unspecified atom stereocenters. The van der Waals surface area contributed by atoms with E-state index >= 15 is 0 Å². The standard InChI is InChI=1S/C18H27N5O2/c1-3-16-11-17(20-13-19-16)21-7-9-22(10-8-21)18(25)15-5-4-6-23(12-15)14(2)24/h11,13,15H,3-10,12H2,1-2H3/t15-/m1/s1. The molecule has 25 heavy (non-hydrogen) atoms. The summed E-state index contributed by atoms with van der Waals surface area (Å²) in [6.45, 7) is 8.00. The fraction of sp³-hybridized carbons (Fsp3) is 0.667. The average molecular weight is 345 g/mol. The van der Waals surface area contributed by atoms with Crippen LogP contribution in [0.1, 0.15) is 32.4 Å². The second-order valence-electron chi connectivity index (χ2n) is 6.84. The molecule has 0 saturated carbocycles. The average Bonchev–Trinajstić information content (AvgIpc) is 2.67. The van der Waals surface area contributed by atoms with Gasteiger partial charge in [0.05, 0.1) is 5.92 Å². The van der Waals surface area contributed by atoms with Crippen LogP contribution in [0.25, 0.3) is 0 Å². The van der Waals surface area contributed by atoms with E-state index in [1.165, 1.54) is 0 Å². The van der Waals surface area contributed by atoms with Crippen molar-refractivity contribution in [2.75, 3.05) is 44.2 Å². The Hall–Kier alpha value is -2.18. The van der Waals surface area contributed by atoms with Gasteiger partial charge in [-0.05, 0) is 19.3 Å². The summed E-state index contributed by atoms with van der Waals surface area (Å²) in [5.74, 6) is 1.16. The Kier molecular flexibility index (Phi) is 5.50. The van der Waals surface area contributed by atoms with E-state index in [1.807, 2.05) is 11.0 Å². The molecule has 2 fully saturated rings. The van der Waals surface area contributed by atoms with E-state index in [-0.39, 0.29) is 17.7 Å². The van der Waals surface area contributed by atoms with E-state index in [0.29, 0.717) is 19.6 Å². The number of piperazine rings is 1. The summed E-state index contributed by atoms with van der Waals surface area (Å²) < 4.78 is 0. The van der Waals surface area contributed by atoms with Gasteiger partial charge in [0.1, 0.15) is 12.1 Å². The van der Waals surface area contributed by atoms with Gasteiger partial charge in [0.25, 0.3) is 0 Å². The number of nitrogens with zero attached hydrogens (tertiary/aromatic N) is 5. The second-order valence-corrected chi connectivity index (χ2v) is 6.84. The molecule has 2 aliphatic heterocycles. The van der Waals surface area contributed by atoms with Crippen LogP contribution in [0.4, 0.5) is 5.82 Å². The van der Waals surface area contributed by atoms with Gasteiger partial charge >= 0.3 is 0 Å². The Bertz CT molecular complexity index is 628. The molecule has 2 aliphatic rings. The predicted octanol–water partition coefficient (Wildman–Crippen LogP) is 0.946. The maximum atomic E-state index is 12.8. The van der Waals surface area contributed by atoms with Gasteiger partial charge in [-0.2, -0.15) is 0 Å². The lowest BCUT2D eigenvalue weighted by molar-refractivity contribution is -0.140. The van der Waals surface area contributed by atoms with E-state index in [0.717, 1.165) is 50.4 Å². The number of carbonyl (C=O) groups excluding carboxylic acids is 2. The SMILES string of the molecule is CCc1cc(N2CCN(C(=O)[C@@H]3CCCN(C(C)=O)C3)CC2)ncn1. The van der Waals surface area contributed by atoms with Crippen LogP contribution in [-0.4, -0.2) is 70.9 Å². The van der Waals surface area contributed by atoms with E-state index in [1.54, 1.807) is 18.2 Å². The largest absolute Gasteiger partial charge is 0.353 e. The molecule has 0 aliphatic carbocycles. The zero-order valence-electron chi connectivity index (χ0n) is 15.1. The van der Waals surface area contributed by atoms with Crippen molar-refractivity contribution >= 4 is 17.6 Å². The summed E-state index contributed by atoms with van der Waals surface area (Å²) in [5, 5.41) is 0. The molecule has 0 N–H and O–H groups in total. The fourth-order valence-electron chi connectivity index (χ4n) is 3.63. The minimum absolute atomic E-state index is 0.0463. The molecule has 3 heterocycles. The molecule has 1 aromatic heterocycles. The maximum absolute atomic E-state index is 12.8. The topological polar surface area (TPSA) is 69.6 Å². The molecule has 1 atom stereocenters. The number of aryl methyl sites for hydroxylation is 1. The van der Waals surface area contributed by atoms with Gasteiger partial charge in [-0.25, -0.2) is 9.97 Å². The first-order valence-corrected chi connectivity index (χ1v) is 9.18. The molecule has 2 saturated heterocycles. The van der Waals surface area contributed by atoms with Gasteiger partial charge in [0.15, 0.2) is 0 Å². The van der Waals surface area contributed by atoms with Crippen molar-refractivity contribution in [1.82, 2.24) is 19.8 Å². The van der Waals surface area contributed by atoms with Crippen LogP contribution in [0.3, 0.4) is 0 Å². The molecule has 0 radical (unpaired) electrons. The predicted molar refractivity (Wildman–Crippen MR) is 95.2 cm³/mol. The van der Waals surface area contributed by atoms with Gasteiger partial charge in [-0.15, -0.1) is 0 Å². The fourth-order valence-corrected chi connectivity index (χ4v) is 3.63. The highest BCUT2D eigenvalue weighted by Gasteiger charge is 2.31. The molecule has 7 nitrogen and oxygen atoms in total. The van der Waals surface area contributed by atoms with Crippen LogP contribution >= 0.6 is 0 Å². The van der Waals surface area contributed by atoms with Crippen molar-refractivity contribution in [1.29, 1.82) is 0 Å². The molecule has 3 rings (SSSR count). The zero-order valence-corrected chi connectivity index (χ0v) is 15.1. The van der Waals surface area contributed by atoms with E-state index < -0.39 is 0 Å². The lowest BCUT2D eigenvalue weighted by atomic mass is 9.96. The molecule has 0 bridgehead atoms. The van der Waals surface area contributed by atoms with Crippen LogP contribution in [0.5, 0.6) is 0 Å². The van der Waals surface area contributed by atoms with E-state index in [2.05, 4.69) is 21.8 Å². The number of hydrogen-bond acceptors (Lipinski definition) is 5. The summed E-state index contributed by atoms with van der Waals surface area (Å²) in [4.78, 5) is 39.0. The first-order valence-electron chi connectivity index (χ1n) is 9.18. The minimum atomic E-state index is -0.0463. The maximum Gasteiger partial charge on any atom is 0.227 e. The molecule has 2 amide bonds. The number of rotatable bonds is 3. The summed E-state index contributed by atoms with van der Waals surface area (Å²) in [6.07, 6.45) is 4.30. The first kappa shape index (κ1) is 17.6. The molecule has 0 spiro atoms. The Morgan fingerprint density at radius 2 is 1.88 bits per heavy atom. The van der Waals surface area contributed by atoms with Gasteiger partial charge in [-0.1, -0.05) is 6.92 Å². The Morgan fingerprint density at radius 1 is 1.12 bits per heavy atom. The Balaban J connectivity index is 1.56. The Labute approximate surface area is 149 Å². The Morgan fingerprint density at radius 3 is 2.56 bits per heavy atom. The summed E-state index contributed by atoms with van der Waals surface area (Å²) >= 11 is 0. The van der Waals surface area contributed by atoms with Gasteiger partial charge in [0, 0.05) is 58.0 Å². The molecular formula is C18H27N5O2. The highest BCUT2D eigenvalue weighted by atomic mass is 16.2. The van der Waals surface area contributed by atoms with Crippen LogP contribution < -0.4 is 4.90 Å². The lowest BCUT2D eigenvalue weighted by Crippen LogP contribution is -2.53. The summed E-state index contributed by atoms with van der Waals surface area (Å²) in [5.41, 5.74) is 1.04. The molecule has 136 valence electrons. The van der Waals surface area contributed by atoms with Gasteiger partial charge in [-0.3, -0.25) is 9.59 Å². The van der Waals surface area contributed by atoms with Crippen molar-refractivity contribution < 1.29 is 9.59 Å². The van der Waals surface area contributed by atoms with Crippen molar-refractivity contribution in [2.45, 2.75) is 33.1 Å². The normalized spacial score (nSPS) is 21.4. The van der Waals surface area contributed by atoms with Crippen molar-refractivity contribution in [3.8, 4) is 0 Å². The van der Waals surface area contributed by atoms with Crippen molar-refractivity contribution in [2.24, 2.45) is 5.92 Å². The third kappa shape index (κ3) is 4.08. The summed E-state index contributed by atoms with van der Waals surface area (Å²) in [7, 11) is 0. The zero-order chi connectivity index (χ0) is 17.8. The van der Waals surface area contributed by atoms with Crippen molar-refractivity contribution in [3.05, 3.63) is 18.1 Å². The third-order valence-electron chi connectivity index (χ3n) is 5.20. The number of carbonyl (C=O) groups is 2. The quantitative estimate of drug-likeness (QED) is 0.816. The number of amides is 2.